The van der Waals surface area contributed by atoms with E-state index in [0.717, 1.165) is 31.1 Å². The molecule has 2 aromatic heterocycles. The minimum atomic E-state index is 0.748. The number of nitrogens with one attached hydrogen (secondary N) is 1. The summed E-state index contributed by atoms with van der Waals surface area (Å²) in [5, 5.41) is 6.62. The van der Waals surface area contributed by atoms with Crippen LogP contribution in [0.5, 0.6) is 0 Å². The van der Waals surface area contributed by atoms with Gasteiger partial charge < -0.3 is 10.1 Å². The van der Waals surface area contributed by atoms with Crippen molar-refractivity contribution in [1.82, 2.24) is 10.3 Å². The Morgan fingerprint density at radius 3 is 3.00 bits per heavy atom. The zero-order valence-corrected chi connectivity index (χ0v) is 12.4. The third kappa shape index (κ3) is 3.38. The lowest BCUT2D eigenvalue weighted by Gasteiger charge is -2.02. The van der Waals surface area contributed by atoms with Crippen LogP contribution in [0.25, 0.3) is 9.88 Å². The van der Waals surface area contributed by atoms with Gasteiger partial charge in [0.2, 0.25) is 0 Å². The summed E-state index contributed by atoms with van der Waals surface area (Å²) in [6.45, 7) is 4.67. The first kappa shape index (κ1) is 13.7. The fraction of sp³-hybridized carbons (Fsp3) is 0.462. The van der Waals surface area contributed by atoms with E-state index < -0.39 is 0 Å². The fourth-order valence-corrected chi connectivity index (χ4v) is 3.60. The van der Waals surface area contributed by atoms with Crippen molar-refractivity contribution < 1.29 is 4.74 Å². The summed E-state index contributed by atoms with van der Waals surface area (Å²) in [5.41, 5.74) is 1.22. The Morgan fingerprint density at radius 2 is 2.33 bits per heavy atom. The first-order chi connectivity index (χ1) is 8.85. The minimum absolute atomic E-state index is 0.748. The normalized spacial score (nSPS) is 11.0. The second kappa shape index (κ2) is 6.99. The summed E-state index contributed by atoms with van der Waals surface area (Å²) < 4.78 is 5.03. The molecule has 0 bridgehead atoms. The smallest absolute Gasteiger partial charge is 0.133 e. The molecule has 2 rings (SSSR count). The van der Waals surface area contributed by atoms with Crippen LogP contribution in [0.2, 0.25) is 0 Å². The third-order valence-electron chi connectivity index (χ3n) is 2.61. The number of aromatic nitrogens is 1. The van der Waals surface area contributed by atoms with Crippen LogP contribution in [0.1, 0.15) is 17.5 Å². The lowest BCUT2D eigenvalue weighted by atomic mass is 10.3. The second-order valence-electron chi connectivity index (χ2n) is 3.89. The average Bonchev–Trinajstić information content (AvgIpc) is 3.03. The van der Waals surface area contributed by atoms with Crippen molar-refractivity contribution in [3.63, 3.8) is 0 Å². The molecule has 0 amide bonds. The van der Waals surface area contributed by atoms with Gasteiger partial charge in [-0.05, 0) is 17.9 Å². The van der Waals surface area contributed by atoms with E-state index in [-0.39, 0.29) is 0 Å². The monoisotopic (exact) mass is 282 g/mol. The van der Waals surface area contributed by atoms with Gasteiger partial charge in [0.15, 0.2) is 0 Å². The van der Waals surface area contributed by atoms with Crippen LogP contribution in [0.3, 0.4) is 0 Å². The molecule has 3 nitrogen and oxygen atoms in total. The van der Waals surface area contributed by atoms with Crippen LogP contribution in [0.15, 0.2) is 17.5 Å². The number of thiophene rings is 1. The Bertz CT molecular complexity index is 465. The summed E-state index contributed by atoms with van der Waals surface area (Å²) >= 11 is 3.54. The summed E-state index contributed by atoms with van der Waals surface area (Å²) in [4.78, 5) is 7.33. The number of hydrogen-bond acceptors (Lipinski definition) is 5. The van der Waals surface area contributed by atoms with E-state index in [4.69, 9.17) is 9.72 Å². The molecule has 0 aromatic carbocycles. The number of hydrogen-bond donors (Lipinski definition) is 1. The molecule has 2 aromatic rings. The average molecular weight is 282 g/mol. The van der Waals surface area contributed by atoms with Gasteiger partial charge in [-0.15, -0.1) is 22.7 Å². The molecule has 0 saturated carbocycles. The molecular formula is C13H18N2OS2. The fourth-order valence-electron chi connectivity index (χ4n) is 1.68. The zero-order valence-electron chi connectivity index (χ0n) is 10.7. The summed E-state index contributed by atoms with van der Waals surface area (Å²) in [5.74, 6) is 0. The van der Waals surface area contributed by atoms with E-state index in [0.29, 0.717) is 0 Å². The van der Waals surface area contributed by atoms with Gasteiger partial charge in [0.1, 0.15) is 5.01 Å². The van der Waals surface area contributed by atoms with E-state index >= 15 is 0 Å². The van der Waals surface area contributed by atoms with Gasteiger partial charge in [0, 0.05) is 25.1 Å². The van der Waals surface area contributed by atoms with Crippen LogP contribution < -0.4 is 5.32 Å². The van der Waals surface area contributed by atoms with Gasteiger partial charge in [0.05, 0.1) is 17.2 Å². The molecule has 0 saturated heterocycles. The number of methoxy groups -OCH3 is 1. The maximum atomic E-state index is 5.03. The highest BCUT2D eigenvalue weighted by Crippen LogP contribution is 2.31. The summed E-state index contributed by atoms with van der Waals surface area (Å²) in [6, 6.07) is 4.20. The van der Waals surface area contributed by atoms with Crippen LogP contribution in [0, 0.1) is 0 Å². The SMILES string of the molecule is CCc1nc(-c2cccs2)sc1CNCCOC. The van der Waals surface area contributed by atoms with E-state index in [1.54, 1.807) is 29.8 Å². The molecule has 98 valence electrons. The van der Waals surface area contributed by atoms with Crippen molar-refractivity contribution in [3.05, 3.63) is 28.1 Å². The highest BCUT2D eigenvalue weighted by atomic mass is 32.1. The molecule has 0 fully saturated rings. The van der Waals surface area contributed by atoms with E-state index in [9.17, 15) is 0 Å². The first-order valence-corrected chi connectivity index (χ1v) is 7.77. The van der Waals surface area contributed by atoms with Crippen LogP contribution in [-0.2, 0) is 17.7 Å². The van der Waals surface area contributed by atoms with Gasteiger partial charge >= 0.3 is 0 Å². The maximum Gasteiger partial charge on any atom is 0.133 e. The molecule has 0 aliphatic carbocycles. The largest absolute Gasteiger partial charge is 0.383 e. The van der Waals surface area contributed by atoms with Crippen molar-refractivity contribution >= 4 is 22.7 Å². The molecule has 0 unspecified atom stereocenters. The lowest BCUT2D eigenvalue weighted by molar-refractivity contribution is 0.199. The number of thiazole rings is 1. The molecule has 0 radical (unpaired) electrons. The molecule has 18 heavy (non-hydrogen) atoms. The quantitative estimate of drug-likeness (QED) is 0.792. The molecular weight excluding hydrogens is 264 g/mol. The van der Waals surface area contributed by atoms with Gasteiger partial charge in [-0.3, -0.25) is 0 Å². The number of ether oxygens (including phenoxy) is 1. The summed E-state index contributed by atoms with van der Waals surface area (Å²) in [7, 11) is 1.72. The van der Waals surface area contributed by atoms with E-state index in [2.05, 4.69) is 29.8 Å². The predicted molar refractivity (Wildman–Crippen MR) is 78.4 cm³/mol. The third-order valence-corrected chi connectivity index (χ3v) is 4.75. The van der Waals surface area contributed by atoms with Crippen molar-refractivity contribution in [2.45, 2.75) is 19.9 Å². The van der Waals surface area contributed by atoms with Crippen LogP contribution in [0.4, 0.5) is 0 Å². The van der Waals surface area contributed by atoms with Gasteiger partial charge in [0.25, 0.3) is 0 Å². The van der Waals surface area contributed by atoms with Crippen molar-refractivity contribution in [1.29, 1.82) is 0 Å². The Morgan fingerprint density at radius 1 is 1.44 bits per heavy atom. The molecule has 2 heterocycles. The molecule has 0 aliphatic rings. The van der Waals surface area contributed by atoms with E-state index in [1.807, 2.05) is 0 Å². The Labute approximate surface area is 116 Å². The van der Waals surface area contributed by atoms with Gasteiger partial charge in [-0.2, -0.15) is 0 Å². The predicted octanol–water partition coefficient (Wildman–Crippen LogP) is 3.17. The Balaban J connectivity index is 2.05. The Hall–Kier alpha value is -0.750. The Kier molecular flexibility index (Phi) is 5.31. The lowest BCUT2D eigenvalue weighted by Crippen LogP contribution is -2.18. The minimum Gasteiger partial charge on any atom is -0.383 e. The van der Waals surface area contributed by atoms with Crippen LogP contribution >= 0.6 is 22.7 Å². The highest BCUT2D eigenvalue weighted by Gasteiger charge is 2.11. The molecule has 0 spiro atoms. The van der Waals surface area contributed by atoms with Gasteiger partial charge in [-0.25, -0.2) is 4.98 Å². The van der Waals surface area contributed by atoms with Gasteiger partial charge in [-0.1, -0.05) is 13.0 Å². The molecule has 1 N–H and O–H groups in total. The molecule has 5 heteroatoms. The van der Waals surface area contributed by atoms with Crippen molar-refractivity contribution in [2.24, 2.45) is 0 Å². The molecule has 0 aliphatic heterocycles. The van der Waals surface area contributed by atoms with Crippen LogP contribution in [-0.4, -0.2) is 25.2 Å². The zero-order chi connectivity index (χ0) is 12.8. The first-order valence-electron chi connectivity index (χ1n) is 6.07. The van der Waals surface area contributed by atoms with Crippen molar-refractivity contribution in [2.75, 3.05) is 20.3 Å². The summed E-state index contributed by atoms with van der Waals surface area (Å²) in [6.07, 6.45) is 0.989. The second-order valence-corrected chi connectivity index (χ2v) is 5.92. The van der Waals surface area contributed by atoms with E-state index in [1.165, 1.54) is 15.4 Å². The molecule has 0 atom stereocenters. The standard InChI is InChI=1S/C13H18N2OS2/c1-3-10-12(9-14-6-7-16-2)18-13(15-10)11-5-4-8-17-11/h4-5,8,14H,3,6-7,9H2,1-2H3. The number of nitrogens with zero attached hydrogens (tertiary/aromatic N) is 1. The highest BCUT2D eigenvalue weighted by molar-refractivity contribution is 7.21. The maximum absolute atomic E-state index is 5.03. The topological polar surface area (TPSA) is 34.2 Å². The van der Waals surface area contributed by atoms with Crippen molar-refractivity contribution in [3.8, 4) is 9.88 Å². The number of aryl methyl sites for hydroxylation is 1. The number of rotatable bonds is 7.